The molecule has 0 unspecified atom stereocenters. The molecule has 218 valence electrons. The first-order valence-corrected chi connectivity index (χ1v) is 7.27. The Hall–Kier alpha value is 2.31. The fraction of sp³-hybridized carbons (Fsp3) is 0.500. The Kier molecular flexibility index (Phi) is 253. The number of rotatable bonds is 0. The summed E-state index contributed by atoms with van der Waals surface area (Å²) < 4.78 is 0. The van der Waals surface area contributed by atoms with Crippen molar-refractivity contribution in [3.8, 4) is 0 Å². The van der Waals surface area contributed by atoms with Crippen LogP contribution in [0, 0.1) is 0 Å². The normalized spacial score (nSPS) is 5.00. The van der Waals surface area contributed by atoms with E-state index in [0.717, 1.165) is 55.4 Å². The molecule has 0 aromatic rings. The van der Waals surface area contributed by atoms with Gasteiger partial charge in [-0.2, -0.15) is 0 Å². The van der Waals surface area contributed by atoms with Gasteiger partial charge in [-0.05, 0) is 55.4 Å². The van der Waals surface area contributed by atoms with E-state index < -0.39 is 47.8 Å². The fourth-order valence-corrected chi connectivity index (χ4v) is 0. The molecule has 0 bridgehead atoms. The largest absolute Gasteiger partial charge is 2.00 e. The van der Waals surface area contributed by atoms with Gasteiger partial charge in [-0.15, -0.1) is 0 Å². The van der Waals surface area contributed by atoms with Crippen LogP contribution >= 0.6 is 0 Å². The van der Waals surface area contributed by atoms with Gasteiger partial charge in [-0.1, -0.05) is 0 Å². The van der Waals surface area contributed by atoms with Gasteiger partial charge >= 0.3 is 197 Å². The Balaban J connectivity index is -0.0000000114. The molecule has 0 aliphatic rings. The predicted octanol–water partition coefficient (Wildman–Crippen LogP) is -12.2. The van der Waals surface area contributed by atoms with Crippen molar-refractivity contribution in [3.63, 3.8) is 0 Å². The molecular weight excluding hydrogens is 1810 g/mol. The van der Waals surface area contributed by atoms with Crippen LogP contribution in [0.5, 0.6) is 0 Å². The van der Waals surface area contributed by atoms with E-state index in [1.165, 1.54) is 0 Å². The number of hydrogen-bond donors (Lipinski definition) is 0. The van der Waals surface area contributed by atoms with Gasteiger partial charge in [0, 0.05) is 47.8 Å². The van der Waals surface area contributed by atoms with Gasteiger partial charge in [0.15, 0.2) is 0 Å². The summed E-state index contributed by atoms with van der Waals surface area (Å²) in [6, 6.07) is 0. The van der Waals surface area contributed by atoms with Gasteiger partial charge in [0.2, 0.25) is 0 Å². The van der Waals surface area contributed by atoms with E-state index in [-0.39, 0.29) is 197 Å². The van der Waals surface area contributed by atoms with Crippen LogP contribution in [-0.4, -0.2) is 212 Å². The molecule has 0 N–H and O–H groups in total. The van der Waals surface area contributed by atoms with E-state index in [1.807, 2.05) is 0 Å². The molecule has 0 saturated heterocycles. The van der Waals surface area contributed by atoms with Gasteiger partial charge in [-0.3, -0.25) is 0 Å². The smallest absolute Gasteiger partial charge is 0.550 e. The summed E-state index contributed by atoms with van der Waals surface area (Å²) in [6.07, 6.45) is 0. The van der Waals surface area contributed by atoms with E-state index in [2.05, 4.69) is 0 Å². The van der Waals surface area contributed by atoms with Crippen LogP contribution in [-0.2, 0) is 71.9 Å². The first-order valence-electron chi connectivity index (χ1n) is 7.27. The molecule has 0 aliphatic heterocycles. The second-order valence-corrected chi connectivity index (χ2v) is 3.93. The molecule has 40 heavy (non-hydrogen) atoms. The van der Waals surface area contributed by atoms with E-state index in [1.54, 1.807) is 0 Å². The Bertz CT molecular complexity index is 396. The zero-order valence-corrected chi connectivity index (χ0v) is 47.6. The molecule has 0 spiro atoms. The topological polar surface area (TPSA) is 321 Å². The van der Waals surface area contributed by atoms with E-state index in [4.69, 9.17) is 79.2 Å². The van der Waals surface area contributed by atoms with Crippen molar-refractivity contribution in [1.82, 2.24) is 0 Å². The van der Waals surface area contributed by atoms with E-state index in [0.29, 0.717) is 0 Å². The molecule has 24 heteroatoms. The van der Waals surface area contributed by atoms with Gasteiger partial charge in [0.25, 0.3) is 0 Å². The molecular formula is C16H24Co2O16Pb6+8. The third-order valence-corrected chi connectivity index (χ3v) is 0. The number of aliphatic carboxylic acids is 8. The molecule has 0 fully saturated rings. The molecule has 0 atom stereocenters. The summed E-state index contributed by atoms with van der Waals surface area (Å²) in [5.41, 5.74) is 0. The number of carbonyl (C=O) groups excluding carboxylic acids is 8. The van der Waals surface area contributed by atoms with Crippen molar-refractivity contribution < 1.29 is 113 Å². The van der Waals surface area contributed by atoms with Crippen molar-refractivity contribution >= 4 is 212 Å². The summed E-state index contributed by atoms with van der Waals surface area (Å²) in [5.74, 6) is -8.67. The van der Waals surface area contributed by atoms with Gasteiger partial charge in [0.1, 0.15) is 0 Å². The molecule has 14 radical (unpaired) electrons. The van der Waals surface area contributed by atoms with Crippen LogP contribution in [0.4, 0.5) is 0 Å². The summed E-state index contributed by atoms with van der Waals surface area (Å²) in [7, 11) is 0. The SMILES string of the molecule is CC(=O)[O-].CC(=O)[O-].CC(=O)[O-].CC(=O)[O-].CC(=O)[O-].CC(=O)[O-].CC(=O)[O-].CC(=O)[O-].[Co+2].[Co+2].[Pb+2].[Pb+2].[Pb+2].[Pb+2].[Pb+2].[Pb+2]. The Morgan fingerprint density at radius 3 is 0.250 bits per heavy atom. The van der Waals surface area contributed by atoms with Crippen LogP contribution in [0.3, 0.4) is 0 Å². The summed E-state index contributed by atoms with van der Waals surface area (Å²) in [4.78, 5) is 71.1. The number of carbonyl (C=O) groups is 8. The molecule has 0 saturated carbocycles. The number of carboxylic acids is 8. The van der Waals surface area contributed by atoms with Crippen molar-refractivity contribution in [1.29, 1.82) is 0 Å². The van der Waals surface area contributed by atoms with Crippen molar-refractivity contribution in [3.05, 3.63) is 0 Å². The maximum atomic E-state index is 8.89. The van der Waals surface area contributed by atoms with Crippen molar-refractivity contribution in [2.45, 2.75) is 55.4 Å². The Morgan fingerprint density at radius 1 is 0.250 bits per heavy atom. The molecule has 0 aromatic heterocycles. The fourth-order valence-electron chi connectivity index (χ4n) is 0. The second-order valence-electron chi connectivity index (χ2n) is 3.93. The minimum atomic E-state index is -1.08. The first-order chi connectivity index (χ1) is 13.9. The molecule has 0 aliphatic carbocycles. The zero-order valence-electron chi connectivity index (χ0n) is 22.2. The first kappa shape index (κ1) is 104. The Morgan fingerprint density at radius 2 is 0.250 bits per heavy atom. The quantitative estimate of drug-likeness (QED) is 0.203. The van der Waals surface area contributed by atoms with Gasteiger partial charge in [0.05, 0.1) is 0 Å². The average Bonchev–Trinajstić information content (AvgIpc) is 2.30. The van der Waals surface area contributed by atoms with Crippen LogP contribution in [0.2, 0.25) is 0 Å². The molecule has 16 nitrogen and oxygen atoms in total. The molecule has 0 amide bonds. The number of carboxylic acid groups (broad SMARTS) is 8. The van der Waals surface area contributed by atoms with Crippen LogP contribution in [0.1, 0.15) is 55.4 Å². The number of hydrogen-bond acceptors (Lipinski definition) is 16. The third-order valence-electron chi connectivity index (χ3n) is 0. The molecule has 0 aromatic carbocycles. The standard InChI is InChI=1S/8C2H4O2.2Co.6Pb/c8*1-2(3)4;;;;;;;;/h8*1H3,(H,3,4);;;;;;;;/q;;;;;;;;8*+2/p-8. The van der Waals surface area contributed by atoms with Crippen molar-refractivity contribution in [2.24, 2.45) is 0 Å². The summed E-state index contributed by atoms with van der Waals surface area (Å²) in [6.45, 7) is 7.78. The summed E-state index contributed by atoms with van der Waals surface area (Å²) >= 11 is 0. The van der Waals surface area contributed by atoms with E-state index in [9.17, 15) is 0 Å². The van der Waals surface area contributed by atoms with Crippen LogP contribution < -0.4 is 40.9 Å². The van der Waals surface area contributed by atoms with Crippen molar-refractivity contribution in [2.75, 3.05) is 0 Å². The van der Waals surface area contributed by atoms with Crippen LogP contribution in [0.15, 0.2) is 0 Å². The maximum absolute atomic E-state index is 8.89. The van der Waals surface area contributed by atoms with Gasteiger partial charge < -0.3 is 79.2 Å². The van der Waals surface area contributed by atoms with Crippen LogP contribution in [0.25, 0.3) is 0 Å². The molecule has 0 heterocycles. The summed E-state index contributed by atoms with van der Waals surface area (Å²) in [5, 5.41) is 71.1. The minimum absolute atomic E-state index is 0. The Labute approximate surface area is 373 Å². The molecule has 0 rings (SSSR count). The average molecular weight is 1830 g/mol. The maximum Gasteiger partial charge on any atom is 2.00 e. The monoisotopic (exact) mass is 1840 g/mol. The second kappa shape index (κ2) is 97.0. The third kappa shape index (κ3) is 11700. The minimum Gasteiger partial charge on any atom is -0.550 e. The predicted molar refractivity (Wildman–Crippen MR) is 120 cm³/mol. The van der Waals surface area contributed by atoms with Gasteiger partial charge in [-0.25, -0.2) is 0 Å². The zero-order chi connectivity index (χ0) is 28.6. The van der Waals surface area contributed by atoms with E-state index >= 15 is 0 Å².